The molecule has 1 saturated carbocycles. The topological polar surface area (TPSA) is 107 Å². The van der Waals surface area contributed by atoms with Crippen molar-refractivity contribution in [3.05, 3.63) is 28.5 Å². The third-order valence-corrected chi connectivity index (χ3v) is 7.71. The summed E-state index contributed by atoms with van der Waals surface area (Å²) in [5, 5.41) is 16.1. The van der Waals surface area contributed by atoms with Gasteiger partial charge in [-0.2, -0.15) is 0 Å². The first-order valence-electron chi connectivity index (χ1n) is 12.3. The molecule has 0 bridgehead atoms. The van der Waals surface area contributed by atoms with Crippen LogP contribution in [-0.4, -0.2) is 62.1 Å². The van der Waals surface area contributed by atoms with E-state index in [2.05, 4.69) is 20.6 Å². The van der Waals surface area contributed by atoms with E-state index >= 15 is 0 Å². The predicted molar refractivity (Wildman–Crippen MR) is 135 cm³/mol. The van der Waals surface area contributed by atoms with E-state index in [1.54, 1.807) is 4.90 Å². The van der Waals surface area contributed by atoms with Crippen molar-refractivity contribution in [2.24, 2.45) is 0 Å². The number of rotatable bonds is 7. The van der Waals surface area contributed by atoms with Gasteiger partial charge in [0.05, 0.1) is 10.5 Å². The molecule has 2 aromatic heterocycles. The molecule has 0 aromatic carbocycles. The number of amides is 2. The molecule has 0 radical (unpaired) electrons. The minimum atomic E-state index is -2.83. The lowest BCUT2D eigenvalue weighted by atomic mass is 9.80. The fourth-order valence-electron chi connectivity index (χ4n) is 4.49. The summed E-state index contributed by atoms with van der Waals surface area (Å²) in [6, 6.07) is 1.27. The molecular formula is C25H33F2N5O3S. The van der Waals surface area contributed by atoms with E-state index < -0.39 is 17.9 Å². The summed E-state index contributed by atoms with van der Waals surface area (Å²) in [6.07, 6.45) is 2.26. The van der Waals surface area contributed by atoms with Gasteiger partial charge in [0.15, 0.2) is 5.01 Å². The Morgan fingerprint density at radius 3 is 2.58 bits per heavy atom. The highest BCUT2D eigenvalue weighted by atomic mass is 32.1. The van der Waals surface area contributed by atoms with Crippen LogP contribution in [0.3, 0.4) is 0 Å². The van der Waals surface area contributed by atoms with E-state index in [1.807, 2.05) is 27.7 Å². The minimum Gasteiger partial charge on any atom is -0.388 e. The number of pyridine rings is 1. The summed E-state index contributed by atoms with van der Waals surface area (Å²) in [6.45, 7) is 8.24. The van der Waals surface area contributed by atoms with Crippen LogP contribution in [0, 0.1) is 0 Å². The molecule has 36 heavy (non-hydrogen) atoms. The number of hydrogen-bond donors (Lipinski definition) is 3. The first-order chi connectivity index (χ1) is 16.9. The van der Waals surface area contributed by atoms with Crippen LogP contribution < -0.4 is 10.6 Å². The number of nitrogens with one attached hydrogen (secondary N) is 2. The highest BCUT2D eigenvalue weighted by molar-refractivity contribution is 7.17. The summed E-state index contributed by atoms with van der Waals surface area (Å²) in [5.74, 6) is -0.647. The smallest absolute Gasteiger partial charge is 0.280 e. The molecule has 1 aliphatic carbocycles. The maximum absolute atomic E-state index is 14.2. The second-order valence-corrected chi connectivity index (χ2v) is 11.8. The third-order valence-electron chi connectivity index (χ3n) is 6.62. The van der Waals surface area contributed by atoms with Gasteiger partial charge >= 0.3 is 0 Å². The van der Waals surface area contributed by atoms with Crippen LogP contribution in [0.25, 0.3) is 10.4 Å². The van der Waals surface area contributed by atoms with Crippen molar-refractivity contribution < 1.29 is 23.5 Å². The predicted octanol–water partition coefficient (Wildman–Crippen LogP) is 4.62. The molecular weight excluding hydrogens is 488 g/mol. The van der Waals surface area contributed by atoms with Gasteiger partial charge in [-0.25, -0.2) is 18.7 Å². The van der Waals surface area contributed by atoms with Crippen molar-refractivity contribution in [3.63, 3.8) is 0 Å². The molecule has 2 amide bonds. The standard InChI is InChI=1S/C25H33F2N5O3S/c1-14-7-5-10-32(14)23(34)18-19(36-22(30-18)21(33)29-13-25(35)8-6-9-25)16-12-28-17(31-24(2,3)4)11-15(16)20(26)27/h11-12,14,20,35H,5-10,13H2,1-4H3,(H,28,31)(H,29,33). The van der Waals surface area contributed by atoms with Gasteiger partial charge in [0.25, 0.3) is 18.2 Å². The average molecular weight is 522 g/mol. The van der Waals surface area contributed by atoms with Crippen molar-refractivity contribution in [2.45, 2.75) is 83.4 Å². The monoisotopic (exact) mass is 521 g/mol. The van der Waals surface area contributed by atoms with E-state index in [4.69, 9.17) is 0 Å². The first kappa shape index (κ1) is 26.4. The lowest BCUT2D eigenvalue weighted by Crippen LogP contribution is -2.47. The average Bonchev–Trinajstić information content (AvgIpc) is 3.41. The molecule has 0 spiro atoms. The van der Waals surface area contributed by atoms with Crippen molar-refractivity contribution in [1.82, 2.24) is 20.2 Å². The summed E-state index contributed by atoms with van der Waals surface area (Å²) >= 11 is 0.890. The highest BCUT2D eigenvalue weighted by Crippen LogP contribution is 2.39. The van der Waals surface area contributed by atoms with Gasteiger partial charge in [-0.1, -0.05) is 0 Å². The van der Waals surface area contributed by atoms with Gasteiger partial charge in [0.1, 0.15) is 11.5 Å². The molecule has 2 aromatic rings. The van der Waals surface area contributed by atoms with E-state index in [-0.39, 0.29) is 50.7 Å². The Kier molecular flexibility index (Phi) is 7.34. The second kappa shape index (κ2) is 10.0. The molecule has 2 aliphatic rings. The van der Waals surface area contributed by atoms with Gasteiger partial charge in [-0.15, -0.1) is 11.3 Å². The number of carbonyl (C=O) groups excluding carboxylic acids is 2. The molecule has 1 saturated heterocycles. The zero-order valence-corrected chi connectivity index (χ0v) is 21.8. The van der Waals surface area contributed by atoms with Crippen LogP contribution in [-0.2, 0) is 0 Å². The molecule has 4 rings (SSSR count). The van der Waals surface area contributed by atoms with Crippen LogP contribution in [0.15, 0.2) is 12.3 Å². The number of carbonyl (C=O) groups is 2. The Morgan fingerprint density at radius 2 is 2.03 bits per heavy atom. The van der Waals surface area contributed by atoms with E-state index in [0.29, 0.717) is 25.2 Å². The van der Waals surface area contributed by atoms with Crippen LogP contribution in [0.4, 0.5) is 14.6 Å². The quantitative estimate of drug-likeness (QED) is 0.491. The zero-order chi connectivity index (χ0) is 26.3. The molecule has 196 valence electrons. The Labute approximate surface area is 213 Å². The summed E-state index contributed by atoms with van der Waals surface area (Å²) in [7, 11) is 0. The molecule has 3 N–H and O–H groups in total. The minimum absolute atomic E-state index is 0.0109. The summed E-state index contributed by atoms with van der Waals surface area (Å²) in [4.78, 5) is 36.9. The molecule has 3 heterocycles. The van der Waals surface area contributed by atoms with E-state index in [9.17, 15) is 23.5 Å². The molecule has 1 aliphatic heterocycles. The van der Waals surface area contributed by atoms with Crippen LogP contribution in [0.2, 0.25) is 0 Å². The summed E-state index contributed by atoms with van der Waals surface area (Å²) < 4.78 is 28.4. The lowest BCUT2D eigenvalue weighted by Gasteiger charge is -2.36. The fourth-order valence-corrected chi connectivity index (χ4v) is 5.50. The fraction of sp³-hybridized carbons (Fsp3) is 0.600. The number of likely N-dealkylation sites (tertiary alicyclic amines) is 1. The zero-order valence-electron chi connectivity index (χ0n) is 21.0. The molecule has 8 nitrogen and oxygen atoms in total. The lowest BCUT2D eigenvalue weighted by molar-refractivity contribution is -0.0300. The van der Waals surface area contributed by atoms with Crippen LogP contribution >= 0.6 is 11.3 Å². The highest BCUT2D eigenvalue weighted by Gasteiger charge is 2.36. The number of anilines is 1. The van der Waals surface area contributed by atoms with Gasteiger partial charge in [0, 0.05) is 42.0 Å². The normalized spacial score (nSPS) is 19.3. The van der Waals surface area contributed by atoms with Gasteiger partial charge < -0.3 is 20.6 Å². The number of thiazole rings is 1. The Hall–Kier alpha value is -2.66. The van der Waals surface area contributed by atoms with Crippen molar-refractivity contribution in [3.8, 4) is 10.4 Å². The van der Waals surface area contributed by atoms with E-state index in [0.717, 1.165) is 30.6 Å². The number of aromatic nitrogens is 2. The summed E-state index contributed by atoms with van der Waals surface area (Å²) in [5.41, 5.74) is -1.56. The van der Waals surface area contributed by atoms with E-state index in [1.165, 1.54) is 12.3 Å². The van der Waals surface area contributed by atoms with Crippen molar-refractivity contribution >= 4 is 29.0 Å². The maximum Gasteiger partial charge on any atom is 0.280 e. The Bertz CT molecular complexity index is 1140. The maximum atomic E-state index is 14.2. The number of hydrogen-bond acceptors (Lipinski definition) is 7. The number of nitrogens with zero attached hydrogens (tertiary/aromatic N) is 3. The molecule has 1 unspecified atom stereocenters. The SMILES string of the molecule is CC1CCCN1C(=O)c1nc(C(=O)NCC2(O)CCC2)sc1-c1cnc(NC(C)(C)C)cc1C(F)F. The Morgan fingerprint density at radius 1 is 1.31 bits per heavy atom. The molecule has 11 heteroatoms. The van der Waals surface area contributed by atoms with Crippen molar-refractivity contribution in [1.29, 1.82) is 0 Å². The number of halogens is 2. The van der Waals surface area contributed by atoms with Gasteiger partial charge in [0.2, 0.25) is 0 Å². The van der Waals surface area contributed by atoms with Crippen LogP contribution in [0.1, 0.15) is 92.1 Å². The van der Waals surface area contributed by atoms with Crippen molar-refractivity contribution in [2.75, 3.05) is 18.4 Å². The first-order valence-corrected chi connectivity index (χ1v) is 13.1. The largest absolute Gasteiger partial charge is 0.388 e. The van der Waals surface area contributed by atoms with Gasteiger partial charge in [-0.3, -0.25) is 9.59 Å². The number of aliphatic hydroxyl groups is 1. The third kappa shape index (κ3) is 5.67. The number of alkyl halides is 2. The second-order valence-electron chi connectivity index (χ2n) is 10.8. The molecule has 2 fully saturated rings. The molecule has 1 atom stereocenters. The Balaban J connectivity index is 1.73. The van der Waals surface area contributed by atoms with Crippen LogP contribution in [0.5, 0.6) is 0 Å². The van der Waals surface area contributed by atoms with Gasteiger partial charge in [-0.05, 0) is 65.9 Å².